The van der Waals surface area contributed by atoms with Gasteiger partial charge in [-0.25, -0.2) is 0 Å². The van der Waals surface area contributed by atoms with E-state index in [0.29, 0.717) is 13.1 Å². The molecule has 0 aliphatic rings. The van der Waals surface area contributed by atoms with E-state index in [2.05, 4.69) is 15.3 Å². The van der Waals surface area contributed by atoms with Crippen molar-refractivity contribution in [3.8, 4) is 0 Å². The smallest absolute Gasteiger partial charge is 0.234 e. The number of carbonyl (C=O) groups is 1. The second-order valence-corrected chi connectivity index (χ2v) is 5.94. The highest BCUT2D eigenvalue weighted by atomic mass is 16.2. The number of hydrogen-bond donors (Lipinski definition) is 1. The molecule has 0 fully saturated rings. The van der Waals surface area contributed by atoms with E-state index in [4.69, 9.17) is 0 Å². The van der Waals surface area contributed by atoms with E-state index in [0.717, 1.165) is 23.5 Å². The van der Waals surface area contributed by atoms with Crippen molar-refractivity contribution >= 4 is 5.91 Å². The Kier molecular flexibility index (Phi) is 6.23. The average molecular weight is 312 g/mol. The summed E-state index contributed by atoms with van der Waals surface area (Å²) >= 11 is 0. The van der Waals surface area contributed by atoms with Crippen LogP contribution in [0.1, 0.15) is 24.0 Å². The first-order chi connectivity index (χ1) is 11.0. The molecule has 5 heteroatoms. The van der Waals surface area contributed by atoms with Gasteiger partial charge >= 0.3 is 0 Å². The molecule has 23 heavy (non-hydrogen) atoms. The molecule has 1 N–H and O–H groups in total. The van der Waals surface area contributed by atoms with Crippen LogP contribution in [0.3, 0.4) is 0 Å². The Morgan fingerprint density at radius 3 is 2.70 bits per heavy atom. The third-order valence-corrected chi connectivity index (χ3v) is 3.44. The van der Waals surface area contributed by atoms with Crippen LogP contribution in [-0.2, 0) is 17.8 Å². The number of hydrogen-bond acceptors (Lipinski definition) is 4. The van der Waals surface area contributed by atoms with Crippen molar-refractivity contribution in [3.05, 3.63) is 59.7 Å². The van der Waals surface area contributed by atoms with Crippen molar-refractivity contribution in [3.63, 3.8) is 0 Å². The normalized spacial score (nSPS) is 12.2. The fourth-order valence-corrected chi connectivity index (χ4v) is 2.47. The zero-order valence-electron chi connectivity index (χ0n) is 14.0. The van der Waals surface area contributed by atoms with Crippen molar-refractivity contribution < 1.29 is 4.79 Å². The molecule has 1 amide bonds. The number of nitrogens with one attached hydrogen (secondary N) is 1. The largest absolute Gasteiger partial charge is 0.352 e. The first kappa shape index (κ1) is 17.1. The van der Waals surface area contributed by atoms with E-state index in [1.54, 1.807) is 6.20 Å². The quantitative estimate of drug-likeness (QED) is 0.849. The van der Waals surface area contributed by atoms with Crippen LogP contribution in [0.4, 0.5) is 0 Å². The lowest BCUT2D eigenvalue weighted by Gasteiger charge is -2.18. The molecule has 0 aliphatic heterocycles. The van der Waals surface area contributed by atoms with Crippen molar-refractivity contribution in [1.29, 1.82) is 0 Å². The van der Waals surface area contributed by atoms with Crippen molar-refractivity contribution in [2.45, 2.75) is 32.9 Å². The van der Waals surface area contributed by atoms with Crippen LogP contribution in [0.25, 0.3) is 0 Å². The number of rotatable bonds is 7. The van der Waals surface area contributed by atoms with E-state index in [-0.39, 0.29) is 11.9 Å². The second kappa shape index (κ2) is 8.39. The van der Waals surface area contributed by atoms with Gasteiger partial charge in [-0.05, 0) is 45.2 Å². The Morgan fingerprint density at radius 2 is 2.00 bits per heavy atom. The molecular formula is C18H24N4O. The van der Waals surface area contributed by atoms with Gasteiger partial charge in [0, 0.05) is 36.6 Å². The number of likely N-dealkylation sites (N-methyl/N-ethyl adjacent to an activating group) is 1. The molecule has 0 aliphatic carbocycles. The topological polar surface area (TPSA) is 58.1 Å². The number of carbonyl (C=O) groups excluding carboxylic acids is 1. The number of aryl methyl sites for hydroxylation is 1. The zero-order valence-corrected chi connectivity index (χ0v) is 14.0. The van der Waals surface area contributed by atoms with Crippen molar-refractivity contribution in [1.82, 2.24) is 20.2 Å². The summed E-state index contributed by atoms with van der Waals surface area (Å²) in [5, 5.41) is 3.02. The minimum atomic E-state index is 0.0172. The highest BCUT2D eigenvalue weighted by molar-refractivity contribution is 5.78. The van der Waals surface area contributed by atoms with Gasteiger partial charge in [0.25, 0.3) is 0 Å². The summed E-state index contributed by atoms with van der Waals surface area (Å²) in [6, 6.07) is 11.8. The van der Waals surface area contributed by atoms with Gasteiger partial charge in [-0.3, -0.25) is 19.7 Å². The maximum absolute atomic E-state index is 12.1. The summed E-state index contributed by atoms with van der Waals surface area (Å²) in [4.78, 5) is 22.8. The third-order valence-electron chi connectivity index (χ3n) is 3.44. The van der Waals surface area contributed by atoms with Crippen molar-refractivity contribution in [2.24, 2.45) is 0 Å². The lowest BCUT2D eigenvalue weighted by Crippen LogP contribution is -2.40. The molecule has 2 heterocycles. The number of nitrogens with zero attached hydrogens (tertiary/aromatic N) is 3. The summed E-state index contributed by atoms with van der Waals surface area (Å²) in [5.74, 6) is 0.0172. The highest BCUT2D eigenvalue weighted by Gasteiger charge is 2.11. The van der Waals surface area contributed by atoms with E-state index >= 15 is 0 Å². The Balaban J connectivity index is 1.77. The molecule has 2 rings (SSSR count). The Bertz CT molecular complexity index is 630. The Labute approximate surface area is 137 Å². The monoisotopic (exact) mass is 312 g/mol. The number of aromatic nitrogens is 2. The Morgan fingerprint density at radius 1 is 1.22 bits per heavy atom. The molecule has 0 bridgehead atoms. The van der Waals surface area contributed by atoms with Crippen LogP contribution in [-0.4, -0.2) is 40.4 Å². The predicted octanol–water partition coefficient (Wildman–Crippen LogP) is 1.96. The minimum Gasteiger partial charge on any atom is -0.352 e. The highest BCUT2D eigenvalue weighted by Crippen LogP contribution is 2.02. The van der Waals surface area contributed by atoms with Crippen LogP contribution >= 0.6 is 0 Å². The van der Waals surface area contributed by atoms with Gasteiger partial charge in [-0.1, -0.05) is 12.1 Å². The first-order valence-corrected chi connectivity index (χ1v) is 7.83. The lowest BCUT2D eigenvalue weighted by molar-refractivity contribution is -0.122. The maximum atomic E-state index is 12.1. The van der Waals surface area contributed by atoms with Gasteiger partial charge in [0.1, 0.15) is 0 Å². The molecule has 0 saturated heterocycles. The standard InChI is InChI=1S/C18H24N4O/c1-14-7-6-9-16(20-14)11-15(2)21-18(23)13-22(3)12-17-8-4-5-10-19-17/h4-10,15H,11-13H2,1-3H3,(H,21,23)/t15-/m1/s1. The average Bonchev–Trinajstić information content (AvgIpc) is 2.47. The summed E-state index contributed by atoms with van der Waals surface area (Å²) in [6.45, 7) is 4.98. The van der Waals surface area contributed by atoms with Crippen LogP contribution in [0.5, 0.6) is 0 Å². The maximum Gasteiger partial charge on any atom is 0.234 e. The molecule has 2 aromatic rings. The SMILES string of the molecule is Cc1cccc(C[C@@H](C)NC(=O)CN(C)Cc2ccccn2)n1. The van der Waals surface area contributed by atoms with Crippen LogP contribution < -0.4 is 5.32 Å². The third kappa shape index (κ3) is 6.16. The van der Waals surface area contributed by atoms with Gasteiger partial charge in [0.2, 0.25) is 5.91 Å². The Hall–Kier alpha value is -2.27. The molecule has 2 aromatic heterocycles. The molecule has 1 atom stereocenters. The van der Waals surface area contributed by atoms with E-state index in [1.807, 2.05) is 62.2 Å². The van der Waals surface area contributed by atoms with Gasteiger partial charge in [-0.15, -0.1) is 0 Å². The molecular weight excluding hydrogens is 288 g/mol. The number of pyridine rings is 2. The molecule has 5 nitrogen and oxygen atoms in total. The van der Waals surface area contributed by atoms with Crippen LogP contribution in [0.15, 0.2) is 42.6 Å². The fraction of sp³-hybridized carbons (Fsp3) is 0.389. The molecule has 0 aromatic carbocycles. The fourth-order valence-electron chi connectivity index (χ4n) is 2.47. The summed E-state index contributed by atoms with van der Waals surface area (Å²) < 4.78 is 0. The number of amides is 1. The second-order valence-electron chi connectivity index (χ2n) is 5.94. The minimum absolute atomic E-state index is 0.0172. The summed E-state index contributed by atoms with van der Waals surface area (Å²) in [6.07, 6.45) is 2.50. The lowest BCUT2D eigenvalue weighted by atomic mass is 10.1. The van der Waals surface area contributed by atoms with E-state index in [1.165, 1.54) is 0 Å². The predicted molar refractivity (Wildman–Crippen MR) is 90.9 cm³/mol. The molecule has 0 radical (unpaired) electrons. The van der Waals surface area contributed by atoms with E-state index in [9.17, 15) is 4.79 Å². The summed E-state index contributed by atoms with van der Waals surface area (Å²) in [7, 11) is 1.92. The van der Waals surface area contributed by atoms with Crippen LogP contribution in [0.2, 0.25) is 0 Å². The van der Waals surface area contributed by atoms with Gasteiger partial charge in [0.15, 0.2) is 0 Å². The molecule has 0 unspecified atom stereocenters. The summed E-state index contributed by atoms with van der Waals surface area (Å²) in [5.41, 5.74) is 2.95. The zero-order chi connectivity index (χ0) is 16.7. The van der Waals surface area contributed by atoms with E-state index < -0.39 is 0 Å². The molecule has 0 saturated carbocycles. The van der Waals surface area contributed by atoms with Gasteiger partial charge < -0.3 is 5.32 Å². The van der Waals surface area contributed by atoms with Crippen molar-refractivity contribution in [2.75, 3.05) is 13.6 Å². The van der Waals surface area contributed by atoms with Gasteiger partial charge in [-0.2, -0.15) is 0 Å². The van der Waals surface area contributed by atoms with Gasteiger partial charge in [0.05, 0.1) is 12.2 Å². The molecule has 0 spiro atoms. The van der Waals surface area contributed by atoms with Crippen LogP contribution in [0, 0.1) is 6.92 Å². The first-order valence-electron chi connectivity index (χ1n) is 7.83. The molecule has 122 valence electrons.